The molecule has 0 bridgehead atoms. The van der Waals surface area contributed by atoms with Crippen LogP contribution in [0.3, 0.4) is 0 Å². The minimum absolute atomic E-state index is 0.0168. The van der Waals surface area contributed by atoms with E-state index in [0.717, 1.165) is 37.7 Å². The number of hydrogen-bond acceptors (Lipinski definition) is 6. The second-order valence-electron chi connectivity index (χ2n) is 10.1. The van der Waals surface area contributed by atoms with Crippen molar-refractivity contribution < 1.29 is 23.8 Å². The van der Waals surface area contributed by atoms with Gasteiger partial charge in [-0.25, -0.2) is 9.59 Å². The lowest BCUT2D eigenvalue weighted by Crippen LogP contribution is -2.33. The van der Waals surface area contributed by atoms with Crippen molar-refractivity contribution in [2.24, 2.45) is 0 Å². The van der Waals surface area contributed by atoms with E-state index in [1.807, 2.05) is 30.3 Å². The summed E-state index contributed by atoms with van der Waals surface area (Å²) in [4.78, 5) is 39.7. The molecule has 2 N–H and O–H groups in total. The second kappa shape index (κ2) is 10.3. The first-order chi connectivity index (χ1) is 18.3. The normalized spacial score (nSPS) is 18.4. The van der Waals surface area contributed by atoms with Crippen LogP contribution in [-0.4, -0.2) is 23.1 Å². The molecule has 0 saturated heterocycles. The number of carbonyl (C=O) groups excluding carboxylic acids is 1. The molecule has 2 aromatic carbocycles. The predicted octanol–water partition coefficient (Wildman–Crippen LogP) is 5.96. The van der Waals surface area contributed by atoms with E-state index in [1.165, 1.54) is 0 Å². The molecule has 1 saturated carbocycles. The summed E-state index contributed by atoms with van der Waals surface area (Å²) in [7, 11) is 0. The highest BCUT2D eigenvalue weighted by atomic mass is 16.5. The number of carboxylic acids is 1. The summed E-state index contributed by atoms with van der Waals surface area (Å²) in [6.07, 6.45) is 4.48. The standard InChI is InChI=1S/C31H31NO6/c1-17-27(33)23-16-10-15-22(29(23)38-28(17)20-11-6-4-7-12-20)26-24(30(34)35)18(2)32-19(3)25(26)31(36)37-21-13-8-5-9-14-21/h4,6-7,10-12,15-16,21,26,32H,5,8-9,13-14H2,1-3H3,(H,34,35). The number of dihydropyridines is 1. The van der Waals surface area contributed by atoms with Crippen LogP contribution in [0.5, 0.6) is 0 Å². The number of fused-ring (bicyclic) bond motifs is 1. The number of nitrogens with one attached hydrogen (secondary N) is 1. The Morgan fingerprint density at radius 2 is 1.61 bits per heavy atom. The summed E-state index contributed by atoms with van der Waals surface area (Å²) < 4.78 is 12.3. The average Bonchev–Trinajstić information content (AvgIpc) is 2.90. The second-order valence-corrected chi connectivity index (χ2v) is 10.1. The van der Waals surface area contributed by atoms with Gasteiger partial charge in [-0.3, -0.25) is 4.79 Å². The summed E-state index contributed by atoms with van der Waals surface area (Å²) in [6.45, 7) is 5.13. The zero-order chi connectivity index (χ0) is 27.0. The lowest BCUT2D eigenvalue weighted by molar-refractivity contribution is -0.146. The highest BCUT2D eigenvalue weighted by Gasteiger charge is 2.39. The van der Waals surface area contributed by atoms with Gasteiger partial charge >= 0.3 is 11.9 Å². The van der Waals surface area contributed by atoms with Gasteiger partial charge in [-0.15, -0.1) is 0 Å². The Hall–Kier alpha value is -4.13. The van der Waals surface area contributed by atoms with Crippen LogP contribution >= 0.6 is 0 Å². The first-order valence-electron chi connectivity index (χ1n) is 13.0. The van der Waals surface area contributed by atoms with Crippen LogP contribution in [0.2, 0.25) is 0 Å². The molecule has 1 unspecified atom stereocenters. The largest absolute Gasteiger partial charge is 0.478 e. The van der Waals surface area contributed by atoms with E-state index >= 15 is 0 Å². The van der Waals surface area contributed by atoms with Crippen LogP contribution < -0.4 is 10.7 Å². The van der Waals surface area contributed by atoms with Gasteiger partial charge < -0.3 is 19.6 Å². The fourth-order valence-corrected chi connectivity index (χ4v) is 5.68. The number of ether oxygens (including phenoxy) is 1. The van der Waals surface area contributed by atoms with Gasteiger partial charge in [-0.2, -0.15) is 0 Å². The van der Waals surface area contributed by atoms with E-state index in [-0.39, 0.29) is 28.3 Å². The van der Waals surface area contributed by atoms with Crippen LogP contribution in [0.1, 0.15) is 63.0 Å². The van der Waals surface area contributed by atoms with Crippen LogP contribution in [0.25, 0.3) is 22.3 Å². The van der Waals surface area contributed by atoms with Gasteiger partial charge in [-0.1, -0.05) is 48.9 Å². The summed E-state index contributed by atoms with van der Waals surface area (Å²) >= 11 is 0. The average molecular weight is 514 g/mol. The summed E-state index contributed by atoms with van der Waals surface area (Å²) in [6, 6.07) is 14.4. The Kier molecular flexibility index (Phi) is 6.93. The lowest BCUT2D eigenvalue weighted by Gasteiger charge is -2.31. The highest BCUT2D eigenvalue weighted by molar-refractivity contribution is 6.01. The molecule has 38 heavy (non-hydrogen) atoms. The molecule has 3 aromatic rings. The molecule has 0 amide bonds. The van der Waals surface area contributed by atoms with Crippen molar-refractivity contribution in [1.29, 1.82) is 0 Å². The smallest absolute Gasteiger partial charge is 0.337 e. The van der Waals surface area contributed by atoms with Crippen LogP contribution in [-0.2, 0) is 14.3 Å². The summed E-state index contributed by atoms with van der Waals surface area (Å²) in [5.41, 5.74) is 2.86. The predicted molar refractivity (Wildman–Crippen MR) is 145 cm³/mol. The molecule has 196 valence electrons. The number of rotatable bonds is 5. The minimum Gasteiger partial charge on any atom is -0.478 e. The molecule has 7 heteroatoms. The maximum atomic E-state index is 13.7. The van der Waals surface area contributed by atoms with Gasteiger partial charge in [0.25, 0.3) is 0 Å². The van der Waals surface area contributed by atoms with Gasteiger partial charge in [-0.05, 0) is 52.5 Å². The van der Waals surface area contributed by atoms with Gasteiger partial charge in [0.2, 0.25) is 0 Å². The van der Waals surface area contributed by atoms with Crippen LogP contribution in [0, 0.1) is 6.92 Å². The first-order valence-corrected chi connectivity index (χ1v) is 13.0. The number of hydrogen-bond donors (Lipinski definition) is 2. The zero-order valence-electron chi connectivity index (χ0n) is 21.8. The molecular weight excluding hydrogens is 482 g/mol. The lowest BCUT2D eigenvalue weighted by atomic mass is 9.79. The molecule has 2 heterocycles. The number of carboxylic acid groups (broad SMARTS) is 1. The topological polar surface area (TPSA) is 106 Å². The van der Waals surface area contributed by atoms with E-state index in [1.54, 1.807) is 39.0 Å². The number of carbonyl (C=O) groups is 2. The van der Waals surface area contributed by atoms with E-state index in [0.29, 0.717) is 33.7 Å². The van der Waals surface area contributed by atoms with Gasteiger partial charge in [0.05, 0.1) is 22.5 Å². The van der Waals surface area contributed by atoms with Crippen molar-refractivity contribution in [2.75, 3.05) is 0 Å². The molecule has 1 atom stereocenters. The molecule has 1 aliphatic carbocycles. The molecule has 5 rings (SSSR count). The monoisotopic (exact) mass is 513 g/mol. The Balaban J connectivity index is 1.73. The maximum absolute atomic E-state index is 13.7. The molecule has 0 spiro atoms. The number of esters is 1. The van der Waals surface area contributed by atoms with Crippen molar-refractivity contribution in [3.63, 3.8) is 0 Å². The zero-order valence-corrected chi connectivity index (χ0v) is 21.8. The van der Waals surface area contributed by atoms with Crippen molar-refractivity contribution in [3.8, 4) is 11.3 Å². The highest BCUT2D eigenvalue weighted by Crippen LogP contribution is 2.42. The molecule has 1 aliphatic heterocycles. The molecule has 2 aliphatic rings. The van der Waals surface area contributed by atoms with Crippen molar-refractivity contribution in [1.82, 2.24) is 5.32 Å². The SMILES string of the molecule is CC1=C(C(=O)O)C(c2cccc3c(=O)c(C)c(-c4ccccc4)oc23)C(C(=O)OC2CCCCC2)=C(C)N1. The van der Waals surface area contributed by atoms with Gasteiger partial charge in [0, 0.05) is 28.1 Å². The quantitative estimate of drug-likeness (QED) is 0.405. The Morgan fingerprint density at radius 1 is 0.921 bits per heavy atom. The third kappa shape index (κ3) is 4.53. The van der Waals surface area contributed by atoms with Crippen LogP contribution in [0.4, 0.5) is 0 Å². The Bertz CT molecular complexity index is 1540. The van der Waals surface area contributed by atoms with E-state index in [4.69, 9.17) is 9.15 Å². The number of para-hydroxylation sites is 1. The molecule has 7 nitrogen and oxygen atoms in total. The van der Waals surface area contributed by atoms with E-state index in [2.05, 4.69) is 5.32 Å². The third-order valence-corrected chi connectivity index (χ3v) is 7.56. The van der Waals surface area contributed by atoms with Crippen LogP contribution in [0.15, 0.2) is 80.3 Å². The van der Waals surface area contributed by atoms with Gasteiger partial charge in [0.1, 0.15) is 17.4 Å². The fourth-order valence-electron chi connectivity index (χ4n) is 5.68. The van der Waals surface area contributed by atoms with Crippen molar-refractivity contribution in [2.45, 2.75) is 64.9 Å². The third-order valence-electron chi connectivity index (χ3n) is 7.56. The van der Waals surface area contributed by atoms with Crippen molar-refractivity contribution in [3.05, 3.63) is 92.4 Å². The molecular formula is C31H31NO6. The summed E-state index contributed by atoms with van der Waals surface area (Å²) in [5, 5.41) is 13.7. The first kappa shape index (κ1) is 25.5. The molecule has 1 aromatic heterocycles. The van der Waals surface area contributed by atoms with E-state index < -0.39 is 17.9 Å². The molecule has 1 fully saturated rings. The number of allylic oxidation sites excluding steroid dienone is 2. The number of aliphatic carboxylic acids is 1. The molecule has 0 radical (unpaired) electrons. The van der Waals surface area contributed by atoms with Gasteiger partial charge in [0.15, 0.2) is 5.43 Å². The fraction of sp³-hybridized carbons (Fsp3) is 0.323. The summed E-state index contributed by atoms with van der Waals surface area (Å²) in [5.74, 6) is -2.28. The maximum Gasteiger partial charge on any atom is 0.337 e. The number of benzene rings is 2. The minimum atomic E-state index is -1.16. The Labute approximate surface area is 220 Å². The van der Waals surface area contributed by atoms with Crippen molar-refractivity contribution >= 4 is 22.9 Å². The van der Waals surface area contributed by atoms with E-state index in [9.17, 15) is 19.5 Å². The Morgan fingerprint density at radius 3 is 2.29 bits per heavy atom.